The van der Waals surface area contributed by atoms with Gasteiger partial charge in [0.05, 0.1) is 24.2 Å². The number of aromatic nitrogens is 2. The van der Waals surface area contributed by atoms with E-state index >= 15 is 0 Å². The molecular weight excluding hydrogens is 338 g/mol. The summed E-state index contributed by atoms with van der Waals surface area (Å²) in [4.78, 5) is 12.6. The second-order valence-corrected chi connectivity index (χ2v) is 7.18. The summed E-state index contributed by atoms with van der Waals surface area (Å²) >= 11 is 6.28. The highest BCUT2D eigenvalue weighted by molar-refractivity contribution is 6.32. The van der Waals surface area contributed by atoms with Gasteiger partial charge in [-0.1, -0.05) is 37.6 Å². The first-order valence-electron chi connectivity index (χ1n) is 8.76. The number of benzene rings is 1. The second-order valence-electron chi connectivity index (χ2n) is 6.80. The minimum atomic E-state index is -0.316. The summed E-state index contributed by atoms with van der Waals surface area (Å²) < 4.78 is 6.81. The van der Waals surface area contributed by atoms with Crippen LogP contribution in [0.5, 0.6) is 0 Å². The van der Waals surface area contributed by atoms with E-state index in [-0.39, 0.29) is 10.6 Å². The predicted octanol–water partition coefficient (Wildman–Crippen LogP) is 3.85. The Balaban J connectivity index is 1.76. The van der Waals surface area contributed by atoms with Crippen LogP contribution in [0.25, 0.3) is 5.69 Å². The fourth-order valence-corrected chi connectivity index (χ4v) is 3.16. The molecule has 1 atom stereocenters. The molecule has 1 aromatic heterocycles. The molecule has 1 saturated heterocycles. The van der Waals surface area contributed by atoms with Crippen LogP contribution in [-0.4, -0.2) is 29.5 Å². The van der Waals surface area contributed by atoms with Crippen molar-refractivity contribution in [3.63, 3.8) is 0 Å². The third-order valence-corrected chi connectivity index (χ3v) is 4.92. The van der Waals surface area contributed by atoms with Gasteiger partial charge in [0.15, 0.2) is 0 Å². The van der Waals surface area contributed by atoms with Crippen molar-refractivity contribution in [2.45, 2.75) is 32.6 Å². The Kier molecular flexibility index (Phi) is 5.76. The predicted molar refractivity (Wildman–Crippen MR) is 101 cm³/mol. The maximum Gasteiger partial charge on any atom is 0.292 e. The summed E-state index contributed by atoms with van der Waals surface area (Å²) in [7, 11) is 0. The van der Waals surface area contributed by atoms with Crippen LogP contribution in [0.2, 0.25) is 5.02 Å². The molecule has 5 nitrogen and oxygen atoms in total. The highest BCUT2D eigenvalue weighted by Crippen LogP contribution is 2.20. The smallest absolute Gasteiger partial charge is 0.292 e. The van der Waals surface area contributed by atoms with Gasteiger partial charge in [0.1, 0.15) is 5.02 Å². The van der Waals surface area contributed by atoms with Gasteiger partial charge in [0.2, 0.25) is 0 Å². The van der Waals surface area contributed by atoms with Crippen molar-refractivity contribution in [1.29, 1.82) is 0 Å². The lowest BCUT2D eigenvalue weighted by molar-refractivity contribution is 0.0595. The molecule has 1 aliphatic rings. The molecule has 2 heterocycles. The molecule has 2 aromatic rings. The summed E-state index contributed by atoms with van der Waals surface area (Å²) in [6.45, 7) is 6.58. The van der Waals surface area contributed by atoms with Gasteiger partial charge in [-0.3, -0.25) is 4.79 Å². The number of halogens is 1. The standard InChI is InChI=1S/C19H24ClN3O2/c1-13(2)15-5-7-16(8-6-15)23-19(24)18(20)17(11-22-23)21-10-14-4-3-9-25-12-14/h5-8,11,13-14,21H,3-4,9-10,12H2,1-2H3. The Labute approximate surface area is 153 Å². The van der Waals surface area contributed by atoms with Crippen LogP contribution in [-0.2, 0) is 4.74 Å². The summed E-state index contributed by atoms with van der Waals surface area (Å²) in [5.74, 6) is 0.883. The molecule has 1 N–H and O–H groups in total. The fraction of sp³-hybridized carbons (Fsp3) is 0.474. The number of rotatable bonds is 5. The van der Waals surface area contributed by atoms with Crippen molar-refractivity contribution in [3.8, 4) is 5.69 Å². The van der Waals surface area contributed by atoms with Crippen molar-refractivity contribution in [1.82, 2.24) is 9.78 Å². The lowest BCUT2D eigenvalue weighted by atomic mass is 10.0. The summed E-state index contributed by atoms with van der Waals surface area (Å²) in [5, 5.41) is 7.68. The molecule has 0 aliphatic carbocycles. The molecule has 25 heavy (non-hydrogen) atoms. The van der Waals surface area contributed by atoms with Crippen molar-refractivity contribution in [3.05, 3.63) is 51.4 Å². The fourth-order valence-electron chi connectivity index (χ4n) is 2.96. The molecule has 0 radical (unpaired) electrons. The maximum atomic E-state index is 12.6. The number of hydrogen-bond donors (Lipinski definition) is 1. The molecule has 1 aromatic carbocycles. The molecule has 0 saturated carbocycles. The highest BCUT2D eigenvalue weighted by Gasteiger charge is 2.16. The largest absolute Gasteiger partial charge is 0.382 e. The Bertz CT molecular complexity index is 765. The normalized spacial score (nSPS) is 17.7. The third-order valence-electron chi connectivity index (χ3n) is 4.56. The lowest BCUT2D eigenvalue weighted by Crippen LogP contribution is -2.26. The van der Waals surface area contributed by atoms with Crippen LogP contribution in [0, 0.1) is 5.92 Å². The van der Waals surface area contributed by atoms with Crippen LogP contribution < -0.4 is 10.9 Å². The summed E-state index contributed by atoms with van der Waals surface area (Å²) in [6.07, 6.45) is 3.81. The average molecular weight is 362 g/mol. The van der Waals surface area contributed by atoms with Crippen molar-refractivity contribution in [2.24, 2.45) is 5.92 Å². The minimum Gasteiger partial charge on any atom is -0.382 e. The van der Waals surface area contributed by atoms with Crippen molar-refractivity contribution < 1.29 is 4.74 Å². The quantitative estimate of drug-likeness (QED) is 0.878. The Morgan fingerprint density at radius 2 is 2.12 bits per heavy atom. The average Bonchev–Trinajstić information content (AvgIpc) is 2.64. The van der Waals surface area contributed by atoms with Gasteiger partial charge >= 0.3 is 0 Å². The molecule has 0 bridgehead atoms. The van der Waals surface area contributed by atoms with Gasteiger partial charge in [-0.25, -0.2) is 0 Å². The minimum absolute atomic E-state index is 0.166. The van der Waals surface area contributed by atoms with E-state index in [1.54, 1.807) is 6.20 Å². The lowest BCUT2D eigenvalue weighted by Gasteiger charge is -2.22. The molecule has 134 valence electrons. The Morgan fingerprint density at radius 1 is 1.36 bits per heavy atom. The zero-order valence-corrected chi connectivity index (χ0v) is 15.4. The Hall–Kier alpha value is -1.85. The van der Waals surface area contributed by atoms with E-state index < -0.39 is 0 Å². The van der Waals surface area contributed by atoms with Gasteiger partial charge in [-0.05, 0) is 42.4 Å². The van der Waals surface area contributed by atoms with Crippen LogP contribution >= 0.6 is 11.6 Å². The first kappa shape index (κ1) is 18.0. The molecule has 6 heteroatoms. The molecule has 3 rings (SSSR count). The SMILES string of the molecule is CC(C)c1ccc(-n2ncc(NCC3CCCOC3)c(Cl)c2=O)cc1. The number of anilines is 1. The van der Waals surface area contributed by atoms with Crippen molar-refractivity contribution in [2.75, 3.05) is 25.1 Å². The van der Waals surface area contributed by atoms with E-state index in [9.17, 15) is 4.79 Å². The van der Waals surface area contributed by atoms with Crippen LogP contribution in [0.4, 0.5) is 5.69 Å². The topological polar surface area (TPSA) is 56.1 Å². The molecular formula is C19H24ClN3O2. The number of nitrogens with zero attached hydrogens (tertiary/aromatic N) is 2. The van der Waals surface area contributed by atoms with E-state index in [4.69, 9.17) is 16.3 Å². The maximum absolute atomic E-state index is 12.6. The Morgan fingerprint density at radius 3 is 2.76 bits per heavy atom. The summed E-state index contributed by atoms with van der Waals surface area (Å²) in [5.41, 5.74) is 2.19. The molecule has 1 unspecified atom stereocenters. The number of hydrogen-bond acceptors (Lipinski definition) is 4. The second kappa shape index (κ2) is 8.02. The van der Waals surface area contributed by atoms with Gasteiger partial charge in [0.25, 0.3) is 5.56 Å². The van der Waals surface area contributed by atoms with E-state index in [1.807, 2.05) is 24.3 Å². The number of nitrogens with one attached hydrogen (secondary N) is 1. The first-order chi connectivity index (χ1) is 12.1. The van der Waals surface area contributed by atoms with Crippen molar-refractivity contribution >= 4 is 17.3 Å². The first-order valence-corrected chi connectivity index (χ1v) is 9.14. The van der Waals surface area contributed by atoms with E-state index in [0.29, 0.717) is 23.2 Å². The van der Waals surface area contributed by atoms with Gasteiger partial charge < -0.3 is 10.1 Å². The summed E-state index contributed by atoms with van der Waals surface area (Å²) in [6, 6.07) is 7.81. The van der Waals surface area contributed by atoms with Gasteiger partial charge in [-0.15, -0.1) is 0 Å². The van der Waals surface area contributed by atoms with Crippen LogP contribution in [0.1, 0.15) is 38.2 Å². The third kappa shape index (κ3) is 4.22. The van der Waals surface area contributed by atoms with Gasteiger partial charge in [0, 0.05) is 13.2 Å². The van der Waals surface area contributed by atoms with E-state index in [0.717, 1.165) is 32.6 Å². The molecule has 0 amide bonds. The highest BCUT2D eigenvalue weighted by atomic mass is 35.5. The molecule has 1 aliphatic heterocycles. The zero-order chi connectivity index (χ0) is 17.8. The number of ether oxygens (including phenoxy) is 1. The molecule has 1 fully saturated rings. The van der Waals surface area contributed by atoms with E-state index in [2.05, 4.69) is 24.3 Å². The van der Waals surface area contributed by atoms with Gasteiger partial charge in [-0.2, -0.15) is 9.78 Å². The zero-order valence-electron chi connectivity index (χ0n) is 14.7. The van der Waals surface area contributed by atoms with Crippen LogP contribution in [0.15, 0.2) is 35.3 Å². The van der Waals surface area contributed by atoms with Crippen LogP contribution in [0.3, 0.4) is 0 Å². The monoisotopic (exact) mass is 361 g/mol. The molecule has 0 spiro atoms. The van der Waals surface area contributed by atoms with E-state index in [1.165, 1.54) is 10.2 Å².